The number of amides is 1. The summed E-state index contributed by atoms with van der Waals surface area (Å²) in [6.45, 7) is 0. The maximum Gasteiger partial charge on any atom is 0.257 e. The van der Waals surface area contributed by atoms with Crippen LogP contribution in [-0.2, 0) is 10.0 Å². The Labute approximate surface area is 149 Å². The summed E-state index contributed by atoms with van der Waals surface area (Å²) >= 11 is 11.9. The van der Waals surface area contributed by atoms with Gasteiger partial charge < -0.3 is 10.1 Å². The Kier molecular flexibility index (Phi) is 5.71. The number of methoxy groups -OCH3 is 1. The Morgan fingerprint density at radius 2 is 1.83 bits per heavy atom. The van der Waals surface area contributed by atoms with E-state index in [1.807, 2.05) is 0 Å². The average molecular weight is 389 g/mol. The van der Waals surface area contributed by atoms with Gasteiger partial charge in [-0.1, -0.05) is 23.2 Å². The number of hydrogen-bond donors (Lipinski definition) is 2. The van der Waals surface area contributed by atoms with E-state index in [0.717, 1.165) is 0 Å². The number of sulfonamides is 1. The van der Waals surface area contributed by atoms with E-state index < -0.39 is 15.9 Å². The second-order valence-electron chi connectivity index (χ2n) is 4.65. The molecule has 0 aliphatic heterocycles. The van der Waals surface area contributed by atoms with E-state index in [2.05, 4.69) is 10.0 Å². The number of carbonyl (C=O) groups excluding carboxylic acids is 1. The molecular weight excluding hydrogens is 375 g/mol. The van der Waals surface area contributed by atoms with Gasteiger partial charge in [-0.3, -0.25) is 4.79 Å². The second kappa shape index (κ2) is 7.40. The van der Waals surface area contributed by atoms with Crippen LogP contribution >= 0.6 is 23.2 Å². The van der Waals surface area contributed by atoms with E-state index in [1.54, 1.807) is 12.1 Å². The Bertz CT molecular complexity index is 885. The third kappa shape index (κ3) is 3.99. The van der Waals surface area contributed by atoms with Gasteiger partial charge in [0, 0.05) is 5.02 Å². The number of hydrogen-bond acceptors (Lipinski definition) is 4. The Morgan fingerprint density at radius 3 is 2.46 bits per heavy atom. The first kappa shape index (κ1) is 18.5. The molecule has 2 rings (SSSR count). The standard InChI is InChI=1S/C15H14Cl2N2O4S/c1-18-24(21,22)10-4-5-12(17)11(8-10)15(20)19-13-7-9(16)3-6-14(13)23-2/h3-8,18H,1-2H3,(H,19,20). The minimum Gasteiger partial charge on any atom is -0.495 e. The van der Waals surface area contributed by atoms with E-state index in [0.29, 0.717) is 16.5 Å². The molecule has 0 bridgehead atoms. The van der Waals surface area contributed by atoms with Crippen molar-refractivity contribution in [3.63, 3.8) is 0 Å². The molecule has 2 aromatic rings. The van der Waals surface area contributed by atoms with Crippen molar-refractivity contribution in [3.05, 3.63) is 52.0 Å². The highest BCUT2D eigenvalue weighted by Crippen LogP contribution is 2.29. The van der Waals surface area contributed by atoms with Crippen molar-refractivity contribution in [2.75, 3.05) is 19.5 Å². The molecule has 0 aromatic heterocycles. The summed E-state index contributed by atoms with van der Waals surface area (Å²) < 4.78 is 31.1. The predicted octanol–water partition coefficient (Wildman–Crippen LogP) is 3.16. The van der Waals surface area contributed by atoms with Gasteiger partial charge in [0.2, 0.25) is 10.0 Å². The molecule has 0 heterocycles. The summed E-state index contributed by atoms with van der Waals surface area (Å²) in [4.78, 5) is 12.4. The van der Waals surface area contributed by atoms with E-state index in [4.69, 9.17) is 27.9 Å². The number of nitrogens with one attached hydrogen (secondary N) is 2. The molecule has 128 valence electrons. The van der Waals surface area contributed by atoms with Crippen molar-refractivity contribution in [1.82, 2.24) is 4.72 Å². The average Bonchev–Trinajstić information content (AvgIpc) is 2.55. The van der Waals surface area contributed by atoms with Gasteiger partial charge >= 0.3 is 0 Å². The molecule has 0 unspecified atom stereocenters. The topological polar surface area (TPSA) is 84.5 Å². The van der Waals surface area contributed by atoms with Crippen molar-refractivity contribution in [3.8, 4) is 5.75 Å². The van der Waals surface area contributed by atoms with Gasteiger partial charge in [-0.2, -0.15) is 0 Å². The van der Waals surface area contributed by atoms with Crippen molar-refractivity contribution in [1.29, 1.82) is 0 Å². The smallest absolute Gasteiger partial charge is 0.257 e. The van der Waals surface area contributed by atoms with Crippen LogP contribution in [0.5, 0.6) is 5.75 Å². The summed E-state index contributed by atoms with van der Waals surface area (Å²) in [7, 11) is -0.969. The van der Waals surface area contributed by atoms with E-state index in [9.17, 15) is 13.2 Å². The fraction of sp³-hybridized carbons (Fsp3) is 0.133. The lowest BCUT2D eigenvalue weighted by Gasteiger charge is -2.12. The molecule has 0 radical (unpaired) electrons. The highest BCUT2D eigenvalue weighted by molar-refractivity contribution is 7.89. The fourth-order valence-corrected chi connectivity index (χ4v) is 3.06. The Balaban J connectivity index is 2.40. The third-order valence-electron chi connectivity index (χ3n) is 3.17. The van der Waals surface area contributed by atoms with Crippen molar-refractivity contribution in [2.45, 2.75) is 4.90 Å². The molecule has 0 saturated heterocycles. The first-order chi connectivity index (χ1) is 11.3. The highest BCUT2D eigenvalue weighted by Gasteiger charge is 2.18. The molecule has 1 amide bonds. The summed E-state index contributed by atoms with van der Waals surface area (Å²) in [5.41, 5.74) is 0.350. The molecule has 9 heteroatoms. The quantitative estimate of drug-likeness (QED) is 0.823. The maximum absolute atomic E-state index is 12.5. The van der Waals surface area contributed by atoms with Gasteiger partial charge in [0.05, 0.1) is 28.3 Å². The van der Waals surface area contributed by atoms with Crippen molar-refractivity contribution < 1.29 is 17.9 Å². The van der Waals surface area contributed by atoms with E-state index >= 15 is 0 Å². The molecule has 24 heavy (non-hydrogen) atoms. The normalized spacial score (nSPS) is 11.2. The van der Waals surface area contributed by atoms with Crippen LogP contribution in [0.25, 0.3) is 0 Å². The number of carbonyl (C=O) groups is 1. The lowest BCUT2D eigenvalue weighted by molar-refractivity contribution is 0.102. The molecule has 2 N–H and O–H groups in total. The molecule has 2 aromatic carbocycles. The molecule has 0 aliphatic rings. The predicted molar refractivity (Wildman–Crippen MR) is 93.7 cm³/mol. The van der Waals surface area contributed by atoms with Gasteiger partial charge in [0.15, 0.2) is 0 Å². The Morgan fingerprint density at radius 1 is 1.12 bits per heavy atom. The number of benzene rings is 2. The van der Waals surface area contributed by atoms with Crippen molar-refractivity contribution >= 4 is 44.8 Å². The third-order valence-corrected chi connectivity index (χ3v) is 5.15. The largest absolute Gasteiger partial charge is 0.495 e. The lowest BCUT2D eigenvalue weighted by atomic mass is 10.2. The second-order valence-corrected chi connectivity index (χ2v) is 7.38. The zero-order chi connectivity index (χ0) is 17.9. The van der Waals surface area contributed by atoms with Gasteiger partial charge in [0.25, 0.3) is 5.91 Å². The molecule has 0 saturated carbocycles. The van der Waals surface area contributed by atoms with Gasteiger partial charge in [-0.05, 0) is 43.4 Å². The van der Waals surface area contributed by atoms with Crippen LogP contribution in [0.15, 0.2) is 41.3 Å². The van der Waals surface area contributed by atoms with Crippen LogP contribution in [0.4, 0.5) is 5.69 Å². The maximum atomic E-state index is 12.5. The summed E-state index contributed by atoms with van der Waals surface area (Å²) in [6, 6.07) is 8.58. The number of halogens is 2. The molecular formula is C15H14Cl2N2O4S. The van der Waals surface area contributed by atoms with Crippen molar-refractivity contribution in [2.24, 2.45) is 0 Å². The van der Waals surface area contributed by atoms with Crippen LogP contribution in [-0.4, -0.2) is 28.5 Å². The highest BCUT2D eigenvalue weighted by atomic mass is 35.5. The van der Waals surface area contributed by atoms with E-state index in [-0.39, 0.29) is 15.5 Å². The minimum absolute atomic E-state index is 0.00928. The number of rotatable bonds is 5. The number of ether oxygens (including phenoxy) is 1. The summed E-state index contributed by atoms with van der Waals surface area (Å²) in [6.07, 6.45) is 0. The van der Waals surface area contributed by atoms with E-state index in [1.165, 1.54) is 38.4 Å². The van der Waals surface area contributed by atoms with Gasteiger partial charge in [0.1, 0.15) is 5.75 Å². The monoisotopic (exact) mass is 388 g/mol. The van der Waals surface area contributed by atoms with Crippen LogP contribution in [0, 0.1) is 0 Å². The first-order valence-corrected chi connectivity index (χ1v) is 8.90. The zero-order valence-electron chi connectivity index (χ0n) is 12.8. The summed E-state index contributed by atoms with van der Waals surface area (Å²) in [5, 5.41) is 3.13. The SMILES string of the molecule is CNS(=O)(=O)c1ccc(Cl)c(C(=O)Nc2cc(Cl)ccc2OC)c1. The lowest BCUT2D eigenvalue weighted by Crippen LogP contribution is -2.20. The molecule has 0 atom stereocenters. The van der Waals surface area contributed by atoms with Crippen LogP contribution in [0.2, 0.25) is 10.0 Å². The Hall–Kier alpha value is -1.80. The van der Waals surface area contributed by atoms with Crippen LogP contribution in [0.1, 0.15) is 10.4 Å². The minimum atomic E-state index is -3.70. The fourth-order valence-electron chi connectivity index (χ4n) is 1.93. The van der Waals surface area contributed by atoms with Crippen LogP contribution < -0.4 is 14.8 Å². The first-order valence-electron chi connectivity index (χ1n) is 6.66. The zero-order valence-corrected chi connectivity index (χ0v) is 15.1. The molecule has 0 fully saturated rings. The molecule has 0 spiro atoms. The molecule has 6 nitrogen and oxygen atoms in total. The van der Waals surface area contributed by atoms with Gasteiger partial charge in [-0.25, -0.2) is 13.1 Å². The number of anilines is 1. The van der Waals surface area contributed by atoms with Gasteiger partial charge in [-0.15, -0.1) is 0 Å². The van der Waals surface area contributed by atoms with Crippen LogP contribution in [0.3, 0.4) is 0 Å². The summed E-state index contributed by atoms with van der Waals surface area (Å²) in [5.74, 6) is -0.184. The molecule has 0 aliphatic carbocycles.